The first-order chi connectivity index (χ1) is 8.27. The van der Waals surface area contributed by atoms with Gasteiger partial charge in [-0.3, -0.25) is 9.78 Å². The van der Waals surface area contributed by atoms with Crippen molar-refractivity contribution in [3.8, 4) is 0 Å². The quantitative estimate of drug-likeness (QED) is 0.821. The highest BCUT2D eigenvalue weighted by Crippen LogP contribution is 2.24. The van der Waals surface area contributed by atoms with Crippen molar-refractivity contribution in [1.82, 2.24) is 4.98 Å². The lowest BCUT2D eigenvalue weighted by molar-refractivity contribution is -0.139. The first-order valence-electron chi connectivity index (χ1n) is 6.01. The number of carbonyl (C=O) groups is 1. The first kappa shape index (κ1) is 12.0. The van der Waals surface area contributed by atoms with E-state index in [0.717, 1.165) is 18.4 Å². The van der Waals surface area contributed by atoms with E-state index in [4.69, 9.17) is 4.74 Å². The number of nitrogens with zero attached hydrogens (tertiary/aromatic N) is 1. The minimum atomic E-state index is -0.810. The fraction of sp³-hybridized carbons (Fsp3) is 0.538. The molecule has 0 bridgehead atoms. The van der Waals surface area contributed by atoms with Crippen LogP contribution in [0.2, 0.25) is 0 Å². The molecule has 0 radical (unpaired) electrons. The standard InChI is InChI=1S/C13H17NO3/c15-13(16)12(10-3-2-7-14-9-10)6-8-17-11-4-1-5-11/h2-3,7,9,11-12H,1,4-6,8H2,(H,15,16). The number of ether oxygens (including phenoxy) is 1. The summed E-state index contributed by atoms with van der Waals surface area (Å²) < 4.78 is 5.60. The number of aromatic nitrogens is 1. The second-order valence-electron chi connectivity index (χ2n) is 4.39. The van der Waals surface area contributed by atoms with Crippen molar-refractivity contribution in [2.24, 2.45) is 0 Å². The molecule has 17 heavy (non-hydrogen) atoms. The van der Waals surface area contributed by atoms with Crippen LogP contribution in [-0.2, 0) is 9.53 Å². The van der Waals surface area contributed by atoms with Gasteiger partial charge in [-0.1, -0.05) is 6.07 Å². The van der Waals surface area contributed by atoms with Gasteiger partial charge in [-0.25, -0.2) is 0 Å². The van der Waals surface area contributed by atoms with E-state index in [2.05, 4.69) is 4.98 Å². The Bertz CT molecular complexity index is 362. The van der Waals surface area contributed by atoms with Crippen LogP contribution < -0.4 is 0 Å². The number of hydrogen-bond donors (Lipinski definition) is 1. The van der Waals surface area contributed by atoms with Crippen LogP contribution in [0.4, 0.5) is 0 Å². The Morgan fingerprint density at radius 2 is 2.41 bits per heavy atom. The average Bonchev–Trinajstić information content (AvgIpc) is 2.27. The van der Waals surface area contributed by atoms with Gasteiger partial charge in [0.1, 0.15) is 0 Å². The molecule has 1 fully saturated rings. The molecule has 0 saturated heterocycles. The molecule has 92 valence electrons. The number of hydrogen-bond acceptors (Lipinski definition) is 3. The maximum Gasteiger partial charge on any atom is 0.311 e. The minimum absolute atomic E-state index is 0.360. The molecule has 0 amide bonds. The summed E-state index contributed by atoms with van der Waals surface area (Å²) in [5, 5.41) is 9.18. The maximum absolute atomic E-state index is 11.2. The number of carboxylic acids is 1. The second-order valence-corrected chi connectivity index (χ2v) is 4.39. The van der Waals surface area contributed by atoms with Gasteiger partial charge in [-0.2, -0.15) is 0 Å². The van der Waals surface area contributed by atoms with Crippen LogP contribution in [0.15, 0.2) is 24.5 Å². The molecule has 1 saturated carbocycles. The van der Waals surface area contributed by atoms with Crippen LogP contribution in [0.5, 0.6) is 0 Å². The Balaban J connectivity index is 1.86. The van der Waals surface area contributed by atoms with Crippen molar-refractivity contribution in [1.29, 1.82) is 0 Å². The van der Waals surface area contributed by atoms with Gasteiger partial charge in [-0.05, 0) is 37.3 Å². The zero-order valence-corrected chi connectivity index (χ0v) is 9.71. The molecule has 4 nitrogen and oxygen atoms in total. The van der Waals surface area contributed by atoms with Crippen LogP contribution in [0, 0.1) is 0 Å². The van der Waals surface area contributed by atoms with E-state index in [1.807, 2.05) is 0 Å². The molecule has 1 aromatic rings. The fourth-order valence-electron chi connectivity index (χ4n) is 1.90. The molecule has 0 spiro atoms. The Hall–Kier alpha value is -1.42. The molecule has 1 unspecified atom stereocenters. The summed E-state index contributed by atoms with van der Waals surface area (Å²) >= 11 is 0. The summed E-state index contributed by atoms with van der Waals surface area (Å²) in [6, 6.07) is 3.56. The van der Waals surface area contributed by atoms with Crippen molar-refractivity contribution < 1.29 is 14.6 Å². The molecule has 4 heteroatoms. The average molecular weight is 235 g/mol. The SMILES string of the molecule is O=C(O)C(CCOC1CCC1)c1cccnc1. The molecule has 2 rings (SSSR count). The van der Waals surface area contributed by atoms with Gasteiger partial charge in [0.25, 0.3) is 0 Å². The lowest BCUT2D eigenvalue weighted by Crippen LogP contribution is -2.23. The van der Waals surface area contributed by atoms with Crippen molar-refractivity contribution in [3.63, 3.8) is 0 Å². The monoisotopic (exact) mass is 235 g/mol. The lowest BCUT2D eigenvalue weighted by Gasteiger charge is -2.26. The minimum Gasteiger partial charge on any atom is -0.481 e. The number of aliphatic carboxylic acids is 1. The van der Waals surface area contributed by atoms with Crippen LogP contribution in [0.3, 0.4) is 0 Å². The van der Waals surface area contributed by atoms with Gasteiger partial charge in [0, 0.05) is 19.0 Å². The highest BCUT2D eigenvalue weighted by Gasteiger charge is 2.22. The topological polar surface area (TPSA) is 59.4 Å². The number of pyridine rings is 1. The number of carboxylic acid groups (broad SMARTS) is 1. The summed E-state index contributed by atoms with van der Waals surface area (Å²) in [7, 11) is 0. The van der Waals surface area contributed by atoms with E-state index in [0.29, 0.717) is 19.1 Å². The predicted molar refractivity (Wildman–Crippen MR) is 62.8 cm³/mol. The van der Waals surface area contributed by atoms with Gasteiger partial charge in [0.2, 0.25) is 0 Å². The fourth-order valence-corrected chi connectivity index (χ4v) is 1.90. The van der Waals surface area contributed by atoms with Crippen molar-refractivity contribution in [2.75, 3.05) is 6.61 Å². The molecular formula is C13H17NO3. The van der Waals surface area contributed by atoms with E-state index in [-0.39, 0.29) is 0 Å². The van der Waals surface area contributed by atoms with Crippen LogP contribution >= 0.6 is 0 Å². The van der Waals surface area contributed by atoms with E-state index >= 15 is 0 Å². The summed E-state index contributed by atoms with van der Waals surface area (Å²) in [5.41, 5.74) is 0.747. The van der Waals surface area contributed by atoms with Gasteiger partial charge in [0.05, 0.1) is 12.0 Å². The third-order valence-electron chi connectivity index (χ3n) is 3.20. The van der Waals surface area contributed by atoms with E-state index in [1.54, 1.807) is 24.5 Å². The third kappa shape index (κ3) is 3.27. The van der Waals surface area contributed by atoms with E-state index in [1.165, 1.54) is 6.42 Å². The Kier molecular flexibility index (Phi) is 4.09. The Morgan fingerprint density at radius 1 is 1.59 bits per heavy atom. The van der Waals surface area contributed by atoms with Crippen molar-refractivity contribution >= 4 is 5.97 Å². The van der Waals surface area contributed by atoms with Gasteiger partial charge in [-0.15, -0.1) is 0 Å². The van der Waals surface area contributed by atoms with Crippen LogP contribution in [0.1, 0.15) is 37.2 Å². The zero-order valence-electron chi connectivity index (χ0n) is 9.71. The third-order valence-corrected chi connectivity index (χ3v) is 3.20. The molecule has 1 aromatic heterocycles. The lowest BCUT2D eigenvalue weighted by atomic mass is 9.95. The molecule has 0 aliphatic heterocycles. The molecule has 1 atom stereocenters. The zero-order chi connectivity index (χ0) is 12.1. The highest BCUT2D eigenvalue weighted by molar-refractivity contribution is 5.75. The largest absolute Gasteiger partial charge is 0.481 e. The van der Waals surface area contributed by atoms with Crippen molar-refractivity contribution in [2.45, 2.75) is 37.7 Å². The summed E-state index contributed by atoms with van der Waals surface area (Å²) in [6.45, 7) is 0.510. The smallest absolute Gasteiger partial charge is 0.311 e. The highest BCUT2D eigenvalue weighted by atomic mass is 16.5. The van der Waals surface area contributed by atoms with E-state index < -0.39 is 11.9 Å². The second kappa shape index (κ2) is 5.77. The summed E-state index contributed by atoms with van der Waals surface area (Å²) in [6.07, 6.45) is 7.59. The Labute approximate surface area is 101 Å². The van der Waals surface area contributed by atoms with Gasteiger partial charge < -0.3 is 9.84 Å². The van der Waals surface area contributed by atoms with Crippen LogP contribution in [-0.4, -0.2) is 28.8 Å². The van der Waals surface area contributed by atoms with Crippen LogP contribution in [0.25, 0.3) is 0 Å². The van der Waals surface area contributed by atoms with E-state index in [9.17, 15) is 9.90 Å². The summed E-state index contributed by atoms with van der Waals surface area (Å²) in [5.74, 6) is -1.32. The summed E-state index contributed by atoms with van der Waals surface area (Å²) in [4.78, 5) is 15.1. The molecule has 1 N–H and O–H groups in total. The molecule has 1 aliphatic rings. The Morgan fingerprint density at radius 3 is 2.94 bits per heavy atom. The molecule has 1 heterocycles. The van der Waals surface area contributed by atoms with Gasteiger partial charge in [0.15, 0.2) is 0 Å². The molecule has 0 aromatic carbocycles. The first-order valence-corrected chi connectivity index (χ1v) is 6.01. The predicted octanol–water partition coefficient (Wildman–Crippen LogP) is 2.21. The number of rotatable bonds is 6. The molecular weight excluding hydrogens is 218 g/mol. The molecule has 1 aliphatic carbocycles. The van der Waals surface area contributed by atoms with Gasteiger partial charge >= 0.3 is 5.97 Å². The normalized spacial score (nSPS) is 17.4. The van der Waals surface area contributed by atoms with Crippen molar-refractivity contribution in [3.05, 3.63) is 30.1 Å². The maximum atomic E-state index is 11.2.